The van der Waals surface area contributed by atoms with Crippen LogP contribution in [0.1, 0.15) is 23.7 Å². The minimum Gasteiger partial charge on any atom is -0.493 e. The van der Waals surface area contributed by atoms with E-state index < -0.39 is 15.8 Å². The highest BCUT2D eigenvalue weighted by Crippen LogP contribution is 2.25. The molecule has 0 atom stereocenters. The van der Waals surface area contributed by atoms with E-state index in [4.69, 9.17) is 14.6 Å². The summed E-state index contributed by atoms with van der Waals surface area (Å²) in [6.07, 6.45) is 1.92. The molecule has 0 fully saturated rings. The van der Waals surface area contributed by atoms with Crippen molar-refractivity contribution in [3.63, 3.8) is 0 Å². The average Bonchev–Trinajstić information content (AvgIpc) is 2.34. The van der Waals surface area contributed by atoms with Crippen molar-refractivity contribution in [2.75, 3.05) is 25.2 Å². The zero-order valence-corrected chi connectivity index (χ0v) is 12.3. The van der Waals surface area contributed by atoms with Crippen LogP contribution in [0.25, 0.3) is 0 Å². The highest BCUT2D eigenvalue weighted by Gasteiger charge is 2.13. The van der Waals surface area contributed by atoms with E-state index in [9.17, 15) is 13.2 Å². The van der Waals surface area contributed by atoms with Crippen molar-refractivity contribution in [3.8, 4) is 11.5 Å². The molecule has 1 aromatic carbocycles. The quantitative estimate of drug-likeness (QED) is 0.784. The Bertz CT molecular complexity index is 564. The van der Waals surface area contributed by atoms with E-state index in [0.717, 1.165) is 12.7 Å². The molecule has 0 aliphatic rings. The zero-order chi connectivity index (χ0) is 15.2. The van der Waals surface area contributed by atoms with Crippen LogP contribution in [-0.4, -0.2) is 44.7 Å². The molecule has 0 heterocycles. The molecule has 7 heteroatoms. The van der Waals surface area contributed by atoms with Gasteiger partial charge in [-0.05, 0) is 18.6 Å². The largest absolute Gasteiger partial charge is 0.493 e. The van der Waals surface area contributed by atoms with Crippen LogP contribution < -0.4 is 9.47 Å². The lowest BCUT2D eigenvalue weighted by Crippen LogP contribution is -2.13. The van der Waals surface area contributed by atoms with Gasteiger partial charge in [-0.3, -0.25) is 0 Å². The number of rotatable bonds is 8. The number of ether oxygens (including phenoxy) is 2. The number of sulfone groups is 1. The molecular formula is C13H18O6S. The molecule has 20 heavy (non-hydrogen) atoms. The van der Waals surface area contributed by atoms with E-state index in [0.29, 0.717) is 12.4 Å². The predicted octanol–water partition coefficient (Wildman–Crippen LogP) is 1.60. The van der Waals surface area contributed by atoms with Gasteiger partial charge in [0.15, 0.2) is 9.84 Å². The average molecular weight is 302 g/mol. The summed E-state index contributed by atoms with van der Waals surface area (Å²) in [7, 11) is -3.16. The standard InChI is InChI=1S/C13H18O6S/c1-3-6-18-10-4-5-11(13(14)15)12(9-10)19-7-8-20(2,16)17/h4-5,9H,3,6-8H2,1-2H3,(H,14,15). The predicted molar refractivity (Wildman–Crippen MR) is 74.4 cm³/mol. The summed E-state index contributed by atoms with van der Waals surface area (Å²) in [5.74, 6) is -0.714. The maximum absolute atomic E-state index is 11.1. The number of benzene rings is 1. The monoisotopic (exact) mass is 302 g/mol. The summed E-state index contributed by atoms with van der Waals surface area (Å²) in [6.45, 7) is 2.36. The van der Waals surface area contributed by atoms with Crippen LogP contribution in [0.5, 0.6) is 11.5 Å². The van der Waals surface area contributed by atoms with Gasteiger partial charge in [-0.15, -0.1) is 0 Å². The van der Waals surface area contributed by atoms with Gasteiger partial charge in [0.1, 0.15) is 23.7 Å². The second-order valence-electron chi connectivity index (χ2n) is 4.29. The SMILES string of the molecule is CCCOc1ccc(C(=O)O)c(OCCS(C)(=O)=O)c1. The number of aromatic carboxylic acids is 1. The molecule has 6 nitrogen and oxygen atoms in total. The molecule has 0 unspecified atom stereocenters. The summed E-state index contributed by atoms with van der Waals surface area (Å²) in [4.78, 5) is 11.1. The minimum absolute atomic E-state index is 0.0256. The van der Waals surface area contributed by atoms with Gasteiger partial charge in [-0.2, -0.15) is 0 Å². The van der Waals surface area contributed by atoms with Gasteiger partial charge in [0, 0.05) is 12.3 Å². The minimum atomic E-state index is -3.16. The molecule has 0 spiro atoms. The number of hydrogen-bond donors (Lipinski definition) is 1. The number of carboxylic acid groups (broad SMARTS) is 1. The van der Waals surface area contributed by atoms with Crippen LogP contribution in [-0.2, 0) is 9.84 Å². The lowest BCUT2D eigenvalue weighted by molar-refractivity contribution is 0.0692. The summed E-state index contributed by atoms with van der Waals surface area (Å²) in [5.41, 5.74) is -0.0256. The van der Waals surface area contributed by atoms with Crippen LogP contribution >= 0.6 is 0 Å². The Kier molecular flexibility index (Phi) is 5.82. The van der Waals surface area contributed by atoms with E-state index in [1.54, 1.807) is 6.07 Å². The molecule has 112 valence electrons. The molecular weight excluding hydrogens is 284 g/mol. The van der Waals surface area contributed by atoms with E-state index in [-0.39, 0.29) is 23.7 Å². The van der Waals surface area contributed by atoms with E-state index in [2.05, 4.69) is 0 Å². The molecule has 0 radical (unpaired) electrons. The molecule has 0 bridgehead atoms. The second kappa shape index (κ2) is 7.14. The molecule has 0 aliphatic carbocycles. The van der Waals surface area contributed by atoms with Crippen LogP contribution in [0.4, 0.5) is 0 Å². The van der Waals surface area contributed by atoms with Crippen LogP contribution in [0.3, 0.4) is 0 Å². The van der Waals surface area contributed by atoms with E-state index >= 15 is 0 Å². The number of hydrogen-bond acceptors (Lipinski definition) is 5. The van der Waals surface area contributed by atoms with Gasteiger partial charge in [0.2, 0.25) is 0 Å². The number of carboxylic acids is 1. The Morgan fingerprint density at radius 1 is 1.25 bits per heavy atom. The van der Waals surface area contributed by atoms with Crippen molar-refractivity contribution in [3.05, 3.63) is 23.8 Å². The molecule has 0 amide bonds. The molecule has 0 saturated heterocycles. The molecule has 1 N–H and O–H groups in total. The van der Waals surface area contributed by atoms with Gasteiger partial charge in [-0.25, -0.2) is 13.2 Å². The summed E-state index contributed by atoms with van der Waals surface area (Å²) < 4.78 is 32.7. The third-order valence-corrected chi connectivity index (χ3v) is 3.28. The first-order chi connectivity index (χ1) is 9.33. The van der Waals surface area contributed by atoms with Crippen LogP contribution in [0.15, 0.2) is 18.2 Å². The first kappa shape index (κ1) is 16.3. The summed E-state index contributed by atoms with van der Waals surface area (Å²) in [6, 6.07) is 4.38. The maximum Gasteiger partial charge on any atom is 0.339 e. The third kappa shape index (κ3) is 5.48. The van der Waals surface area contributed by atoms with Crippen molar-refractivity contribution < 1.29 is 27.8 Å². The fourth-order valence-electron chi connectivity index (χ4n) is 1.41. The van der Waals surface area contributed by atoms with Gasteiger partial charge in [-0.1, -0.05) is 6.92 Å². The molecule has 0 aliphatic heterocycles. The van der Waals surface area contributed by atoms with Gasteiger partial charge in [0.25, 0.3) is 0 Å². The normalized spacial score (nSPS) is 11.1. The topological polar surface area (TPSA) is 89.9 Å². The third-order valence-electron chi connectivity index (χ3n) is 2.37. The smallest absolute Gasteiger partial charge is 0.339 e. The van der Waals surface area contributed by atoms with E-state index in [1.807, 2.05) is 6.92 Å². The number of carbonyl (C=O) groups is 1. The van der Waals surface area contributed by atoms with Crippen LogP contribution in [0.2, 0.25) is 0 Å². The van der Waals surface area contributed by atoms with Crippen molar-refractivity contribution in [2.24, 2.45) is 0 Å². The van der Waals surface area contributed by atoms with Crippen molar-refractivity contribution in [1.82, 2.24) is 0 Å². The Morgan fingerprint density at radius 3 is 2.50 bits per heavy atom. The maximum atomic E-state index is 11.1. The van der Waals surface area contributed by atoms with Crippen LogP contribution in [0, 0.1) is 0 Å². The first-order valence-corrected chi connectivity index (χ1v) is 8.20. The first-order valence-electron chi connectivity index (χ1n) is 6.14. The fourth-order valence-corrected chi connectivity index (χ4v) is 1.80. The molecule has 0 aromatic heterocycles. The van der Waals surface area contributed by atoms with E-state index in [1.165, 1.54) is 12.1 Å². The highest BCUT2D eigenvalue weighted by atomic mass is 32.2. The van der Waals surface area contributed by atoms with Gasteiger partial charge >= 0.3 is 5.97 Å². The Morgan fingerprint density at radius 2 is 1.95 bits per heavy atom. The fraction of sp³-hybridized carbons (Fsp3) is 0.462. The van der Waals surface area contributed by atoms with Gasteiger partial charge in [0.05, 0.1) is 12.4 Å². The second-order valence-corrected chi connectivity index (χ2v) is 6.55. The van der Waals surface area contributed by atoms with Crippen molar-refractivity contribution >= 4 is 15.8 Å². The van der Waals surface area contributed by atoms with Gasteiger partial charge < -0.3 is 14.6 Å². The summed E-state index contributed by atoms with van der Waals surface area (Å²) >= 11 is 0. The van der Waals surface area contributed by atoms with Crippen molar-refractivity contribution in [2.45, 2.75) is 13.3 Å². The molecule has 1 rings (SSSR count). The molecule has 1 aromatic rings. The Balaban J connectivity index is 2.85. The lowest BCUT2D eigenvalue weighted by Gasteiger charge is -2.11. The zero-order valence-electron chi connectivity index (χ0n) is 11.5. The highest BCUT2D eigenvalue weighted by molar-refractivity contribution is 7.90. The lowest BCUT2D eigenvalue weighted by atomic mass is 10.2. The molecule has 0 saturated carbocycles. The Hall–Kier alpha value is -1.76. The summed E-state index contributed by atoms with van der Waals surface area (Å²) in [5, 5.41) is 9.05. The Labute approximate surface area is 118 Å². The van der Waals surface area contributed by atoms with Crippen molar-refractivity contribution in [1.29, 1.82) is 0 Å².